The molecule has 3 rings (SSSR count). The van der Waals surface area contributed by atoms with Gasteiger partial charge in [0.05, 0.1) is 14.9 Å². The van der Waals surface area contributed by atoms with Gasteiger partial charge in [0.25, 0.3) is 5.69 Å². The Morgan fingerprint density at radius 2 is 1.93 bits per heavy atom. The van der Waals surface area contributed by atoms with Gasteiger partial charge in [-0.25, -0.2) is 0 Å². The highest BCUT2D eigenvalue weighted by molar-refractivity contribution is 7.16. The molecule has 1 aromatic heterocycles. The molecule has 0 unspecified atom stereocenters. The van der Waals surface area contributed by atoms with Gasteiger partial charge in [0.1, 0.15) is 0 Å². The van der Waals surface area contributed by atoms with Crippen LogP contribution in [0, 0.1) is 17.0 Å². The third-order valence-corrected chi connectivity index (χ3v) is 6.05. The largest absolute Gasteiger partial charge is 0.326 e. The fraction of sp³-hybridized carbons (Fsp3) is 0.421. The van der Waals surface area contributed by atoms with Crippen LogP contribution in [0.3, 0.4) is 0 Å². The van der Waals surface area contributed by atoms with Gasteiger partial charge < -0.3 is 10.2 Å². The molecule has 1 fully saturated rings. The molecule has 2 aromatic rings. The van der Waals surface area contributed by atoms with Crippen molar-refractivity contribution in [2.75, 3.05) is 38.0 Å². The minimum absolute atomic E-state index is 0.0240. The number of thiophene rings is 1. The highest BCUT2D eigenvalue weighted by Crippen LogP contribution is 2.23. The summed E-state index contributed by atoms with van der Waals surface area (Å²) in [7, 11) is 0. The molecule has 7 nitrogen and oxygen atoms in total. The average molecular weight is 423 g/mol. The van der Waals surface area contributed by atoms with Crippen LogP contribution in [0.5, 0.6) is 0 Å². The lowest BCUT2D eigenvalue weighted by Crippen LogP contribution is -2.46. The number of nitrogens with zero attached hydrogens (tertiary/aromatic N) is 3. The molecule has 0 atom stereocenters. The summed E-state index contributed by atoms with van der Waals surface area (Å²) in [5, 5.41) is 13.7. The number of amides is 1. The second-order valence-corrected chi connectivity index (χ2v) is 8.68. The molecular weight excluding hydrogens is 400 g/mol. The Morgan fingerprint density at radius 3 is 2.57 bits per heavy atom. The molecule has 2 heterocycles. The first-order valence-electron chi connectivity index (χ1n) is 9.14. The van der Waals surface area contributed by atoms with Crippen molar-refractivity contribution in [2.24, 2.45) is 0 Å². The molecule has 1 aromatic carbocycles. The Balaban J connectivity index is 1.42. The first kappa shape index (κ1) is 20.7. The van der Waals surface area contributed by atoms with Crippen molar-refractivity contribution in [1.29, 1.82) is 0 Å². The first-order chi connectivity index (χ1) is 13.4. The van der Waals surface area contributed by atoms with Crippen LogP contribution in [0.1, 0.15) is 16.9 Å². The third-order valence-electron chi connectivity index (χ3n) is 4.83. The van der Waals surface area contributed by atoms with E-state index in [2.05, 4.69) is 21.2 Å². The van der Waals surface area contributed by atoms with Gasteiger partial charge in [-0.3, -0.25) is 19.8 Å². The Morgan fingerprint density at radius 1 is 1.21 bits per heavy atom. The zero-order valence-electron chi connectivity index (χ0n) is 15.7. The smallest absolute Gasteiger partial charge is 0.271 e. The number of carbonyl (C=O) groups is 1. The number of hydrogen-bond donors (Lipinski definition) is 1. The lowest BCUT2D eigenvalue weighted by atomic mass is 10.1. The molecule has 1 aliphatic rings. The van der Waals surface area contributed by atoms with Crippen molar-refractivity contribution in [3.05, 3.63) is 55.2 Å². The number of nitro benzene ring substituents is 1. The Hall–Kier alpha value is -2.00. The van der Waals surface area contributed by atoms with Gasteiger partial charge in [-0.2, -0.15) is 0 Å². The number of nitrogens with one attached hydrogen (secondary N) is 1. The fourth-order valence-electron chi connectivity index (χ4n) is 3.16. The quantitative estimate of drug-likeness (QED) is 0.542. The van der Waals surface area contributed by atoms with E-state index in [1.807, 2.05) is 13.0 Å². The van der Waals surface area contributed by atoms with Crippen LogP contribution in [-0.4, -0.2) is 53.4 Å². The van der Waals surface area contributed by atoms with E-state index in [-0.39, 0.29) is 11.6 Å². The van der Waals surface area contributed by atoms with E-state index in [1.54, 1.807) is 17.4 Å². The van der Waals surface area contributed by atoms with E-state index >= 15 is 0 Å². The molecule has 0 radical (unpaired) electrons. The maximum absolute atomic E-state index is 12.3. The molecule has 9 heteroatoms. The van der Waals surface area contributed by atoms with Gasteiger partial charge in [0, 0.05) is 62.7 Å². The van der Waals surface area contributed by atoms with Gasteiger partial charge in [0.15, 0.2) is 0 Å². The van der Waals surface area contributed by atoms with Gasteiger partial charge in [-0.05, 0) is 24.6 Å². The molecule has 0 spiro atoms. The number of nitro groups is 1. The molecule has 28 heavy (non-hydrogen) atoms. The molecule has 1 amide bonds. The molecule has 1 saturated heterocycles. The van der Waals surface area contributed by atoms with Crippen LogP contribution < -0.4 is 5.32 Å². The van der Waals surface area contributed by atoms with Crippen molar-refractivity contribution in [2.45, 2.75) is 19.9 Å². The molecular formula is C19H23ClN4O3S. The number of anilines is 1. The predicted molar refractivity (Wildman–Crippen MR) is 112 cm³/mol. The Kier molecular flexibility index (Phi) is 7.01. The summed E-state index contributed by atoms with van der Waals surface area (Å²) >= 11 is 7.60. The highest BCUT2D eigenvalue weighted by atomic mass is 35.5. The summed E-state index contributed by atoms with van der Waals surface area (Å²) < 4.78 is 0.818. The Bertz CT molecular complexity index is 849. The number of piperazine rings is 1. The fourth-order valence-corrected chi connectivity index (χ4v) is 4.29. The lowest BCUT2D eigenvalue weighted by Gasteiger charge is -2.34. The summed E-state index contributed by atoms with van der Waals surface area (Å²) in [6, 6.07) is 8.49. The summed E-state index contributed by atoms with van der Waals surface area (Å²) in [5.74, 6) is -0.126. The van der Waals surface area contributed by atoms with E-state index in [1.165, 1.54) is 17.0 Å². The van der Waals surface area contributed by atoms with Crippen LogP contribution in [0.15, 0.2) is 30.3 Å². The van der Waals surface area contributed by atoms with Crippen LogP contribution in [-0.2, 0) is 11.3 Å². The SMILES string of the molecule is Cc1ccc([N+](=O)[O-])cc1NC(=O)CCN1CCN(Cc2ccc(Cl)s2)CC1. The van der Waals surface area contributed by atoms with Gasteiger partial charge in [-0.15, -0.1) is 11.3 Å². The summed E-state index contributed by atoms with van der Waals surface area (Å²) in [4.78, 5) is 28.6. The van der Waals surface area contributed by atoms with Crippen LogP contribution >= 0.6 is 22.9 Å². The standard InChI is InChI=1S/C19H23ClN4O3S/c1-14-2-3-15(24(26)27)12-17(14)21-19(25)6-7-22-8-10-23(11-9-22)13-16-4-5-18(20)28-16/h2-5,12H,6-11,13H2,1H3,(H,21,25). The summed E-state index contributed by atoms with van der Waals surface area (Å²) in [5.41, 5.74) is 1.28. The van der Waals surface area contributed by atoms with Gasteiger partial charge >= 0.3 is 0 Å². The summed E-state index contributed by atoms with van der Waals surface area (Å²) in [6.45, 7) is 7.17. The number of non-ortho nitro benzene ring substituents is 1. The van der Waals surface area contributed by atoms with E-state index < -0.39 is 4.92 Å². The Labute approximate surface area is 173 Å². The van der Waals surface area contributed by atoms with Crippen LogP contribution in [0.4, 0.5) is 11.4 Å². The number of benzene rings is 1. The number of rotatable bonds is 7. The molecule has 0 bridgehead atoms. The van der Waals surface area contributed by atoms with Crippen LogP contribution in [0.2, 0.25) is 4.34 Å². The van der Waals surface area contributed by atoms with Crippen molar-refractivity contribution in [3.63, 3.8) is 0 Å². The molecule has 150 valence electrons. The van der Waals surface area contributed by atoms with Crippen LogP contribution in [0.25, 0.3) is 0 Å². The lowest BCUT2D eigenvalue weighted by molar-refractivity contribution is -0.384. The number of carbonyl (C=O) groups excluding carboxylic acids is 1. The van der Waals surface area contributed by atoms with E-state index in [4.69, 9.17) is 11.6 Å². The second kappa shape index (κ2) is 9.47. The zero-order chi connectivity index (χ0) is 20.1. The van der Waals surface area contributed by atoms with Gasteiger partial charge in [-0.1, -0.05) is 17.7 Å². The maximum Gasteiger partial charge on any atom is 0.271 e. The van der Waals surface area contributed by atoms with Crippen molar-refractivity contribution < 1.29 is 9.72 Å². The molecule has 1 N–H and O–H groups in total. The van der Waals surface area contributed by atoms with Crippen molar-refractivity contribution >= 4 is 40.2 Å². The molecule has 0 aliphatic carbocycles. The van der Waals surface area contributed by atoms with E-state index in [0.717, 1.165) is 42.6 Å². The first-order valence-corrected chi connectivity index (χ1v) is 10.3. The topological polar surface area (TPSA) is 78.7 Å². The highest BCUT2D eigenvalue weighted by Gasteiger charge is 2.18. The minimum Gasteiger partial charge on any atom is -0.326 e. The maximum atomic E-state index is 12.3. The third kappa shape index (κ3) is 5.75. The molecule has 0 saturated carbocycles. The average Bonchev–Trinajstić information content (AvgIpc) is 3.07. The minimum atomic E-state index is -0.460. The van der Waals surface area contributed by atoms with Gasteiger partial charge in [0.2, 0.25) is 5.91 Å². The van der Waals surface area contributed by atoms with Crippen molar-refractivity contribution in [3.8, 4) is 0 Å². The summed E-state index contributed by atoms with van der Waals surface area (Å²) in [6.07, 6.45) is 0.364. The number of hydrogen-bond acceptors (Lipinski definition) is 6. The monoisotopic (exact) mass is 422 g/mol. The number of halogens is 1. The normalized spacial score (nSPS) is 15.5. The second-order valence-electron chi connectivity index (χ2n) is 6.88. The zero-order valence-corrected chi connectivity index (χ0v) is 17.3. The van der Waals surface area contributed by atoms with E-state index in [9.17, 15) is 14.9 Å². The molecule has 1 aliphatic heterocycles. The predicted octanol–water partition coefficient (Wildman–Crippen LogP) is 3.76. The van der Waals surface area contributed by atoms with Crippen molar-refractivity contribution in [1.82, 2.24) is 9.80 Å². The number of aryl methyl sites for hydroxylation is 1. The van der Waals surface area contributed by atoms with E-state index in [0.29, 0.717) is 18.7 Å².